The van der Waals surface area contributed by atoms with Gasteiger partial charge >= 0.3 is 0 Å². The number of amides is 2. The summed E-state index contributed by atoms with van der Waals surface area (Å²) in [6.07, 6.45) is 4.94. The van der Waals surface area contributed by atoms with Crippen LogP contribution in [0.25, 0.3) is 0 Å². The molecular formula is C31H32N4O4. The Morgan fingerprint density at radius 3 is 2.74 bits per heavy atom. The number of carbonyl (C=O) groups is 2. The number of benzene rings is 2. The average Bonchev–Trinajstić information content (AvgIpc) is 3.45. The van der Waals surface area contributed by atoms with Crippen molar-refractivity contribution in [3.8, 4) is 5.75 Å². The third kappa shape index (κ3) is 6.17. The molecule has 0 spiro atoms. The number of aromatic nitrogens is 2. The Kier molecular flexibility index (Phi) is 8.01. The predicted molar refractivity (Wildman–Crippen MR) is 146 cm³/mol. The topological polar surface area (TPSA) is 97.6 Å². The number of pyridine rings is 1. The molecule has 2 amide bonds. The molecule has 0 radical (unpaired) electrons. The molecule has 0 bridgehead atoms. The highest BCUT2D eigenvalue weighted by molar-refractivity contribution is 5.91. The lowest BCUT2D eigenvalue weighted by molar-refractivity contribution is -0.132. The maximum Gasteiger partial charge on any atom is 0.273 e. The van der Waals surface area contributed by atoms with Gasteiger partial charge in [-0.3, -0.25) is 14.6 Å². The molecule has 1 atom stereocenters. The number of rotatable bonds is 9. The van der Waals surface area contributed by atoms with Crippen molar-refractivity contribution in [2.45, 2.75) is 45.8 Å². The van der Waals surface area contributed by atoms with E-state index in [4.69, 9.17) is 9.15 Å². The molecule has 3 heterocycles. The molecule has 39 heavy (non-hydrogen) atoms. The van der Waals surface area contributed by atoms with Crippen molar-refractivity contribution in [2.24, 2.45) is 0 Å². The summed E-state index contributed by atoms with van der Waals surface area (Å²) in [5.41, 5.74) is 5.62. The van der Waals surface area contributed by atoms with Crippen molar-refractivity contribution in [3.63, 3.8) is 0 Å². The van der Waals surface area contributed by atoms with Gasteiger partial charge in [-0.25, -0.2) is 4.98 Å². The Labute approximate surface area is 228 Å². The number of carbonyl (C=O) groups excluding carboxylic acids is 2. The normalized spacial score (nSPS) is 14.5. The molecule has 1 N–H and O–H groups in total. The first-order chi connectivity index (χ1) is 19.0. The van der Waals surface area contributed by atoms with Gasteiger partial charge in [0.05, 0.1) is 6.04 Å². The van der Waals surface area contributed by atoms with E-state index in [9.17, 15) is 9.59 Å². The van der Waals surface area contributed by atoms with E-state index in [1.807, 2.05) is 42.2 Å². The van der Waals surface area contributed by atoms with Gasteiger partial charge in [0.2, 0.25) is 11.8 Å². The van der Waals surface area contributed by atoms with Crippen molar-refractivity contribution in [2.75, 3.05) is 13.1 Å². The fraction of sp³-hybridized carbons (Fsp3) is 0.290. The Bertz CT molecular complexity index is 1430. The van der Waals surface area contributed by atoms with Crippen LogP contribution in [0.2, 0.25) is 0 Å². The van der Waals surface area contributed by atoms with Crippen LogP contribution in [-0.4, -0.2) is 39.8 Å². The zero-order valence-electron chi connectivity index (χ0n) is 22.2. The van der Waals surface area contributed by atoms with E-state index in [-0.39, 0.29) is 30.2 Å². The molecule has 5 rings (SSSR count). The molecule has 2 aromatic heterocycles. The minimum absolute atomic E-state index is 0.0762. The number of nitrogens with zero attached hydrogens (tertiary/aromatic N) is 3. The van der Waals surface area contributed by atoms with Gasteiger partial charge in [-0.05, 0) is 54.3 Å². The highest BCUT2D eigenvalue weighted by atomic mass is 16.5. The third-order valence-corrected chi connectivity index (χ3v) is 6.90. The van der Waals surface area contributed by atoms with Crippen LogP contribution in [0.3, 0.4) is 0 Å². The molecule has 200 valence electrons. The second-order valence-corrected chi connectivity index (χ2v) is 9.61. The molecule has 0 saturated heterocycles. The van der Waals surface area contributed by atoms with Crippen molar-refractivity contribution >= 4 is 11.8 Å². The van der Waals surface area contributed by atoms with Crippen molar-refractivity contribution in [3.05, 3.63) is 113 Å². The smallest absolute Gasteiger partial charge is 0.273 e. The van der Waals surface area contributed by atoms with Gasteiger partial charge in [0.15, 0.2) is 12.3 Å². The van der Waals surface area contributed by atoms with E-state index >= 15 is 0 Å². The van der Waals surface area contributed by atoms with Crippen LogP contribution in [0.5, 0.6) is 5.75 Å². The van der Waals surface area contributed by atoms with Crippen LogP contribution in [-0.2, 0) is 24.2 Å². The monoisotopic (exact) mass is 524 g/mol. The van der Waals surface area contributed by atoms with E-state index in [0.29, 0.717) is 37.6 Å². The molecule has 0 unspecified atom stereocenters. The first kappa shape index (κ1) is 26.2. The number of hydrogen-bond acceptors (Lipinski definition) is 6. The zero-order chi connectivity index (χ0) is 27.2. The van der Waals surface area contributed by atoms with Crippen LogP contribution in [0, 0.1) is 6.92 Å². The Balaban J connectivity index is 1.26. The summed E-state index contributed by atoms with van der Waals surface area (Å²) in [7, 11) is 0. The van der Waals surface area contributed by atoms with Crippen molar-refractivity contribution < 1.29 is 18.7 Å². The van der Waals surface area contributed by atoms with Crippen LogP contribution in [0.4, 0.5) is 0 Å². The number of oxazole rings is 1. The van der Waals surface area contributed by atoms with E-state index in [1.165, 1.54) is 17.4 Å². The molecule has 0 aliphatic carbocycles. The Hall–Kier alpha value is -4.46. The largest absolute Gasteiger partial charge is 0.484 e. The van der Waals surface area contributed by atoms with Gasteiger partial charge in [-0.15, -0.1) is 0 Å². The Morgan fingerprint density at radius 1 is 1.13 bits per heavy atom. The number of nitrogens with one attached hydrogen (secondary N) is 1. The van der Waals surface area contributed by atoms with E-state index in [2.05, 4.69) is 52.5 Å². The van der Waals surface area contributed by atoms with Crippen molar-refractivity contribution in [1.82, 2.24) is 20.2 Å². The van der Waals surface area contributed by atoms with E-state index < -0.39 is 0 Å². The molecule has 8 nitrogen and oxygen atoms in total. The molecule has 1 aliphatic heterocycles. The molecule has 4 aromatic rings. The maximum absolute atomic E-state index is 12.9. The van der Waals surface area contributed by atoms with Crippen molar-refractivity contribution in [1.29, 1.82) is 0 Å². The minimum Gasteiger partial charge on any atom is -0.484 e. The zero-order valence-corrected chi connectivity index (χ0v) is 22.2. The summed E-state index contributed by atoms with van der Waals surface area (Å²) in [4.78, 5) is 35.8. The van der Waals surface area contributed by atoms with Gasteiger partial charge in [0.25, 0.3) is 5.91 Å². The van der Waals surface area contributed by atoms with Crippen LogP contribution in [0.1, 0.15) is 63.7 Å². The van der Waals surface area contributed by atoms with Crippen LogP contribution in [0.15, 0.2) is 77.5 Å². The Morgan fingerprint density at radius 2 is 1.97 bits per heavy atom. The molecule has 2 aromatic carbocycles. The summed E-state index contributed by atoms with van der Waals surface area (Å²) < 4.78 is 11.5. The summed E-state index contributed by atoms with van der Waals surface area (Å²) in [5.74, 6) is 0.774. The fourth-order valence-electron chi connectivity index (χ4n) is 4.83. The summed E-state index contributed by atoms with van der Waals surface area (Å²) in [5, 5.41) is 2.84. The van der Waals surface area contributed by atoms with Gasteiger partial charge in [-0.2, -0.15) is 0 Å². The highest BCUT2D eigenvalue weighted by Crippen LogP contribution is 2.37. The quantitative estimate of drug-likeness (QED) is 0.337. The lowest BCUT2D eigenvalue weighted by Gasteiger charge is -2.38. The number of fused-ring (bicyclic) bond motifs is 1. The standard InChI is InChI=1S/C31H32N4O4/c1-3-29(36)35-17-14-22-11-12-25(18-26(22)30(35)23-9-7-21(2)8-10-23)38-20-28-34-27(19-39-28)31(37)33-16-13-24-6-4-5-15-32-24/h4-12,15,18-19,30H,3,13-14,16-17,20H2,1-2H3,(H,33,37)/t30-/m0/s1. The summed E-state index contributed by atoms with van der Waals surface area (Å²) in [6, 6.07) is 19.9. The second-order valence-electron chi connectivity index (χ2n) is 9.61. The molecule has 0 saturated carbocycles. The average molecular weight is 525 g/mol. The SMILES string of the molecule is CCC(=O)N1CCc2ccc(OCc3nc(C(=O)NCCc4ccccn4)co3)cc2[C@@H]1c1ccc(C)cc1. The number of ether oxygens (including phenoxy) is 1. The van der Waals surface area contributed by atoms with Crippen LogP contribution >= 0.6 is 0 Å². The molecule has 8 heteroatoms. The lowest BCUT2D eigenvalue weighted by atomic mass is 9.87. The van der Waals surface area contributed by atoms with E-state index in [0.717, 1.165) is 23.2 Å². The number of aryl methyl sites for hydroxylation is 1. The summed E-state index contributed by atoms with van der Waals surface area (Å²) in [6.45, 7) is 5.16. The molecule has 0 fully saturated rings. The molecular weight excluding hydrogens is 492 g/mol. The third-order valence-electron chi connectivity index (χ3n) is 6.90. The van der Waals surface area contributed by atoms with Gasteiger partial charge in [0, 0.05) is 37.8 Å². The van der Waals surface area contributed by atoms with Gasteiger partial charge in [-0.1, -0.05) is 48.9 Å². The predicted octanol–water partition coefficient (Wildman–Crippen LogP) is 4.81. The first-order valence-electron chi connectivity index (χ1n) is 13.3. The lowest BCUT2D eigenvalue weighted by Crippen LogP contribution is -2.40. The first-order valence-corrected chi connectivity index (χ1v) is 13.3. The maximum atomic E-state index is 12.9. The van der Waals surface area contributed by atoms with Gasteiger partial charge in [0.1, 0.15) is 12.0 Å². The van der Waals surface area contributed by atoms with Gasteiger partial charge < -0.3 is 19.4 Å². The van der Waals surface area contributed by atoms with E-state index in [1.54, 1.807) is 6.20 Å². The number of hydrogen-bond donors (Lipinski definition) is 1. The second kappa shape index (κ2) is 11.9. The highest BCUT2D eigenvalue weighted by Gasteiger charge is 2.31. The summed E-state index contributed by atoms with van der Waals surface area (Å²) >= 11 is 0. The minimum atomic E-state index is -0.309. The molecule has 1 aliphatic rings. The van der Waals surface area contributed by atoms with Crippen LogP contribution < -0.4 is 10.1 Å². The fourth-order valence-corrected chi connectivity index (χ4v) is 4.83.